The van der Waals surface area contributed by atoms with Crippen molar-refractivity contribution >= 4 is 18.0 Å². The molecule has 0 radical (unpaired) electrons. The van der Waals surface area contributed by atoms with E-state index in [0.29, 0.717) is 17.3 Å². The molecule has 0 heterocycles. The number of nitrogens with one attached hydrogen (secondary N) is 1. The molecule has 3 heteroatoms. The van der Waals surface area contributed by atoms with Crippen molar-refractivity contribution in [3.8, 4) is 0 Å². The summed E-state index contributed by atoms with van der Waals surface area (Å²) in [4.78, 5) is 11.4. The first-order chi connectivity index (χ1) is 14.2. The molecule has 9 atom stereocenters. The van der Waals surface area contributed by atoms with Crippen molar-refractivity contribution in [2.45, 2.75) is 105 Å². The quantitative estimate of drug-likeness (QED) is 0.297. The van der Waals surface area contributed by atoms with Gasteiger partial charge in [0.05, 0.1) is 0 Å². The highest BCUT2D eigenvalue weighted by Crippen LogP contribution is 2.67. The van der Waals surface area contributed by atoms with E-state index in [1.54, 1.807) is 0 Å². The van der Waals surface area contributed by atoms with Crippen molar-refractivity contribution in [1.29, 1.82) is 0 Å². The predicted octanol–water partition coefficient (Wildman–Crippen LogP) is 7.30. The smallest absolute Gasteiger partial charge is 0.207 e. The standard InChI is InChI=1S/C27H48ClNO/c1-7-26(5)23-13-14-27(6)21(19(4)10-8-9-18(2)3)11-12-22(27)25(23)20(16-28)15-24(26)29-17-30/h17-25H,7-16H2,1-6H3,(H,29,30). The highest BCUT2D eigenvalue weighted by atomic mass is 35.5. The minimum absolute atomic E-state index is 0.205. The van der Waals surface area contributed by atoms with Crippen molar-refractivity contribution in [2.24, 2.45) is 52.3 Å². The number of hydrogen-bond donors (Lipinski definition) is 1. The molecular weight excluding hydrogens is 390 g/mol. The number of halogens is 1. The second-order valence-electron chi connectivity index (χ2n) is 12.2. The molecule has 3 rings (SSSR count). The summed E-state index contributed by atoms with van der Waals surface area (Å²) in [6, 6.07) is 0.279. The van der Waals surface area contributed by atoms with Crippen molar-refractivity contribution in [3.05, 3.63) is 0 Å². The SMILES string of the molecule is CCC1(C)C(NC=O)CC(CCl)C2C1CCC1(C)C(C(C)CCCC(C)C)CCC21. The van der Waals surface area contributed by atoms with Crippen LogP contribution in [0.4, 0.5) is 0 Å². The average molecular weight is 438 g/mol. The molecule has 30 heavy (non-hydrogen) atoms. The van der Waals surface area contributed by atoms with E-state index in [-0.39, 0.29) is 11.5 Å². The number of carbonyl (C=O) groups excluding carboxylic acids is 1. The van der Waals surface area contributed by atoms with Crippen LogP contribution in [0.15, 0.2) is 0 Å². The summed E-state index contributed by atoms with van der Waals surface area (Å²) >= 11 is 6.62. The number of carbonyl (C=O) groups is 1. The van der Waals surface area contributed by atoms with Crippen molar-refractivity contribution in [3.63, 3.8) is 0 Å². The van der Waals surface area contributed by atoms with Crippen molar-refractivity contribution in [2.75, 3.05) is 5.88 Å². The molecule has 1 amide bonds. The van der Waals surface area contributed by atoms with E-state index in [0.717, 1.165) is 54.7 Å². The van der Waals surface area contributed by atoms with Gasteiger partial charge in [0.15, 0.2) is 0 Å². The third kappa shape index (κ3) is 4.20. The molecule has 174 valence electrons. The lowest BCUT2D eigenvalue weighted by Crippen LogP contribution is -2.60. The van der Waals surface area contributed by atoms with Crippen LogP contribution in [-0.2, 0) is 4.79 Å². The Morgan fingerprint density at radius 1 is 1.10 bits per heavy atom. The number of fused-ring (bicyclic) bond motifs is 3. The lowest BCUT2D eigenvalue weighted by atomic mass is 9.45. The number of hydrogen-bond acceptors (Lipinski definition) is 1. The molecule has 0 spiro atoms. The van der Waals surface area contributed by atoms with Gasteiger partial charge in [0.2, 0.25) is 6.41 Å². The second kappa shape index (κ2) is 9.72. The normalized spacial score (nSPS) is 44.4. The minimum atomic E-state index is 0.205. The lowest BCUT2D eigenvalue weighted by molar-refractivity contribution is -0.124. The van der Waals surface area contributed by atoms with Gasteiger partial charge in [-0.2, -0.15) is 0 Å². The lowest BCUT2D eigenvalue weighted by Gasteiger charge is -2.61. The van der Waals surface area contributed by atoms with Gasteiger partial charge in [-0.3, -0.25) is 4.79 Å². The predicted molar refractivity (Wildman–Crippen MR) is 129 cm³/mol. The van der Waals surface area contributed by atoms with Gasteiger partial charge in [-0.25, -0.2) is 0 Å². The molecule has 1 N–H and O–H groups in total. The van der Waals surface area contributed by atoms with Crippen LogP contribution >= 0.6 is 11.6 Å². The molecule has 3 aliphatic rings. The molecule has 9 unspecified atom stereocenters. The van der Waals surface area contributed by atoms with E-state index in [1.807, 2.05) is 0 Å². The molecule has 2 nitrogen and oxygen atoms in total. The van der Waals surface area contributed by atoms with Crippen LogP contribution in [0.5, 0.6) is 0 Å². The third-order valence-electron chi connectivity index (χ3n) is 10.5. The molecule has 0 aliphatic heterocycles. The fourth-order valence-corrected chi connectivity index (χ4v) is 8.98. The number of amides is 1. The maximum Gasteiger partial charge on any atom is 0.207 e. The van der Waals surface area contributed by atoms with E-state index >= 15 is 0 Å². The zero-order valence-corrected chi connectivity index (χ0v) is 21.3. The second-order valence-corrected chi connectivity index (χ2v) is 12.5. The van der Waals surface area contributed by atoms with Gasteiger partial charge in [-0.1, -0.05) is 60.8 Å². The Morgan fingerprint density at radius 2 is 1.83 bits per heavy atom. The van der Waals surface area contributed by atoms with Gasteiger partial charge in [-0.05, 0) is 90.8 Å². The Bertz CT molecular complexity index is 579. The molecular formula is C27H48ClNO. The zero-order valence-electron chi connectivity index (χ0n) is 20.6. The Balaban J connectivity index is 1.82. The highest BCUT2D eigenvalue weighted by Gasteiger charge is 2.61. The zero-order chi connectivity index (χ0) is 22.1. The molecule has 0 saturated heterocycles. The molecule has 0 aromatic heterocycles. The van der Waals surface area contributed by atoms with Gasteiger partial charge in [0.1, 0.15) is 0 Å². The van der Waals surface area contributed by atoms with E-state index in [2.05, 4.69) is 46.9 Å². The fraction of sp³-hybridized carbons (Fsp3) is 0.963. The van der Waals surface area contributed by atoms with E-state index < -0.39 is 0 Å². The molecule has 3 aliphatic carbocycles. The van der Waals surface area contributed by atoms with Crippen LogP contribution < -0.4 is 5.32 Å². The summed E-state index contributed by atoms with van der Waals surface area (Å²) in [5.74, 6) is 6.11. The maximum absolute atomic E-state index is 11.4. The van der Waals surface area contributed by atoms with Crippen LogP contribution in [0.25, 0.3) is 0 Å². The third-order valence-corrected chi connectivity index (χ3v) is 10.9. The van der Waals surface area contributed by atoms with Gasteiger partial charge in [-0.15, -0.1) is 11.6 Å². The van der Waals surface area contributed by atoms with E-state index in [4.69, 9.17) is 11.6 Å². The molecule has 3 fully saturated rings. The summed E-state index contributed by atoms with van der Waals surface area (Å²) < 4.78 is 0. The Morgan fingerprint density at radius 3 is 2.43 bits per heavy atom. The Hall–Kier alpha value is -0.240. The molecule has 0 bridgehead atoms. The summed E-state index contributed by atoms with van der Waals surface area (Å²) in [5, 5.41) is 3.21. The maximum atomic E-state index is 11.4. The molecule has 3 saturated carbocycles. The molecule has 0 aromatic carbocycles. The highest BCUT2D eigenvalue weighted by molar-refractivity contribution is 6.18. The van der Waals surface area contributed by atoms with Crippen molar-refractivity contribution < 1.29 is 4.79 Å². The molecule has 0 aromatic rings. The first-order valence-electron chi connectivity index (χ1n) is 13.0. The summed E-state index contributed by atoms with van der Waals surface area (Å²) in [6.07, 6.45) is 12.8. The van der Waals surface area contributed by atoms with Gasteiger partial charge in [0.25, 0.3) is 0 Å². The van der Waals surface area contributed by atoms with Gasteiger partial charge < -0.3 is 5.32 Å². The minimum Gasteiger partial charge on any atom is -0.355 e. The topological polar surface area (TPSA) is 29.1 Å². The van der Waals surface area contributed by atoms with Crippen LogP contribution in [0.1, 0.15) is 99.3 Å². The fourth-order valence-electron chi connectivity index (χ4n) is 8.65. The first kappa shape index (κ1) is 24.4. The number of alkyl halides is 1. The van der Waals surface area contributed by atoms with E-state index in [1.165, 1.54) is 44.9 Å². The van der Waals surface area contributed by atoms with Crippen LogP contribution in [0, 0.1) is 52.3 Å². The van der Waals surface area contributed by atoms with Gasteiger partial charge >= 0.3 is 0 Å². The largest absolute Gasteiger partial charge is 0.355 e. The summed E-state index contributed by atoms with van der Waals surface area (Å²) in [7, 11) is 0. The van der Waals surface area contributed by atoms with Crippen LogP contribution in [-0.4, -0.2) is 18.3 Å². The average Bonchev–Trinajstić information content (AvgIpc) is 3.06. The first-order valence-corrected chi connectivity index (χ1v) is 13.5. The Kier molecular flexibility index (Phi) is 7.90. The van der Waals surface area contributed by atoms with Gasteiger partial charge in [0, 0.05) is 11.9 Å². The Labute approximate surface area is 191 Å². The van der Waals surface area contributed by atoms with Crippen molar-refractivity contribution in [1.82, 2.24) is 5.32 Å². The van der Waals surface area contributed by atoms with Crippen LogP contribution in [0.2, 0.25) is 0 Å². The monoisotopic (exact) mass is 437 g/mol. The number of rotatable bonds is 9. The van der Waals surface area contributed by atoms with E-state index in [9.17, 15) is 4.79 Å². The summed E-state index contributed by atoms with van der Waals surface area (Å²) in [5.41, 5.74) is 0.693. The summed E-state index contributed by atoms with van der Waals surface area (Å²) in [6.45, 7) is 14.7. The van der Waals surface area contributed by atoms with Crippen LogP contribution in [0.3, 0.4) is 0 Å².